The zero-order chi connectivity index (χ0) is 16.2. The van der Waals surface area contributed by atoms with Crippen LogP contribution in [0.15, 0.2) is 4.90 Å². The van der Waals surface area contributed by atoms with E-state index in [1.807, 2.05) is 13.8 Å². The van der Waals surface area contributed by atoms with Gasteiger partial charge in [0.1, 0.15) is 4.90 Å². The summed E-state index contributed by atoms with van der Waals surface area (Å²) < 4.78 is 28.5. The van der Waals surface area contributed by atoms with E-state index in [2.05, 4.69) is 10.2 Å². The van der Waals surface area contributed by atoms with Crippen molar-refractivity contribution in [3.05, 3.63) is 11.4 Å². The summed E-state index contributed by atoms with van der Waals surface area (Å²) in [7, 11) is 1.33. The number of ether oxygens (including phenoxy) is 1. The Hall–Kier alpha value is -1.08. The number of aromatic nitrogens is 2. The number of esters is 1. The molecule has 0 aliphatic rings. The summed E-state index contributed by atoms with van der Waals surface area (Å²) in [6.45, 7) is 7.77. The first-order chi connectivity index (χ1) is 9.68. The molecular formula is C13H21ClN2O4S. The number of H-pyrrole nitrogens is 1. The van der Waals surface area contributed by atoms with Gasteiger partial charge in [-0.15, -0.1) is 0 Å². The molecule has 0 spiro atoms. The van der Waals surface area contributed by atoms with Gasteiger partial charge >= 0.3 is 5.97 Å². The van der Waals surface area contributed by atoms with Crippen molar-refractivity contribution in [1.29, 1.82) is 0 Å². The molecule has 1 aromatic rings. The van der Waals surface area contributed by atoms with E-state index in [1.54, 1.807) is 13.8 Å². The highest BCUT2D eigenvalue weighted by Gasteiger charge is 2.30. The van der Waals surface area contributed by atoms with E-state index in [9.17, 15) is 13.2 Å². The minimum atomic E-state index is -4.08. The van der Waals surface area contributed by atoms with Crippen molar-refractivity contribution in [2.24, 2.45) is 5.92 Å². The zero-order valence-electron chi connectivity index (χ0n) is 12.6. The standard InChI is InChI=1S/C13H21ClN2O4S/c1-5-6-9(4)7-20-13(17)11-12(21(14,18)19)10(8(2)3)15-16-11/h8-9H,5-7H2,1-4H3,(H,15,16). The molecule has 1 rings (SSSR count). The molecule has 120 valence electrons. The molecule has 0 radical (unpaired) electrons. The molecule has 0 amide bonds. The van der Waals surface area contributed by atoms with E-state index in [1.165, 1.54) is 0 Å². The Balaban J connectivity index is 3.00. The summed E-state index contributed by atoms with van der Waals surface area (Å²) >= 11 is 0. The molecule has 6 nitrogen and oxygen atoms in total. The highest BCUT2D eigenvalue weighted by Crippen LogP contribution is 2.28. The minimum Gasteiger partial charge on any atom is -0.461 e. The lowest BCUT2D eigenvalue weighted by molar-refractivity contribution is 0.0432. The van der Waals surface area contributed by atoms with Crippen LogP contribution < -0.4 is 0 Å². The van der Waals surface area contributed by atoms with Crippen LogP contribution >= 0.6 is 10.7 Å². The van der Waals surface area contributed by atoms with Gasteiger partial charge in [0.2, 0.25) is 0 Å². The first-order valence-electron chi connectivity index (χ1n) is 6.88. The van der Waals surface area contributed by atoms with E-state index in [0.29, 0.717) is 5.69 Å². The van der Waals surface area contributed by atoms with Gasteiger partial charge in [-0.1, -0.05) is 34.1 Å². The maximum Gasteiger partial charge on any atom is 0.360 e. The van der Waals surface area contributed by atoms with Crippen LogP contribution in [0.4, 0.5) is 0 Å². The van der Waals surface area contributed by atoms with Gasteiger partial charge in [-0.25, -0.2) is 13.2 Å². The van der Waals surface area contributed by atoms with Gasteiger partial charge in [0, 0.05) is 10.7 Å². The van der Waals surface area contributed by atoms with Crippen molar-refractivity contribution in [2.75, 3.05) is 6.61 Å². The lowest BCUT2D eigenvalue weighted by Gasteiger charge is -2.10. The first-order valence-corrected chi connectivity index (χ1v) is 9.19. The topological polar surface area (TPSA) is 89.1 Å². The molecule has 0 aliphatic carbocycles. The number of aromatic amines is 1. The number of nitrogens with one attached hydrogen (secondary N) is 1. The van der Waals surface area contributed by atoms with Crippen molar-refractivity contribution in [3.63, 3.8) is 0 Å². The second-order valence-electron chi connectivity index (χ2n) is 5.40. The maximum atomic E-state index is 12.0. The lowest BCUT2D eigenvalue weighted by Crippen LogP contribution is -2.14. The average molecular weight is 337 g/mol. The van der Waals surface area contributed by atoms with Crippen LogP contribution in [0.2, 0.25) is 0 Å². The predicted molar refractivity (Wildman–Crippen MR) is 80.1 cm³/mol. The van der Waals surface area contributed by atoms with Crippen LogP contribution in [0.1, 0.15) is 62.6 Å². The fourth-order valence-corrected chi connectivity index (χ4v) is 3.36. The summed E-state index contributed by atoms with van der Waals surface area (Å²) in [6.07, 6.45) is 1.91. The normalized spacial score (nSPS) is 13.4. The van der Waals surface area contributed by atoms with E-state index in [-0.39, 0.29) is 29.0 Å². The Morgan fingerprint density at radius 2 is 2.00 bits per heavy atom. The Morgan fingerprint density at radius 1 is 1.38 bits per heavy atom. The molecule has 21 heavy (non-hydrogen) atoms. The molecule has 0 bridgehead atoms. The molecule has 1 heterocycles. The van der Waals surface area contributed by atoms with Gasteiger partial charge in [-0.3, -0.25) is 5.10 Å². The second-order valence-corrected chi connectivity index (χ2v) is 7.90. The van der Waals surface area contributed by atoms with Crippen LogP contribution in [0.3, 0.4) is 0 Å². The minimum absolute atomic E-state index is 0.165. The number of halogens is 1. The molecule has 0 saturated carbocycles. The van der Waals surface area contributed by atoms with Crippen molar-refractivity contribution >= 4 is 25.7 Å². The Morgan fingerprint density at radius 3 is 2.48 bits per heavy atom. The lowest BCUT2D eigenvalue weighted by atomic mass is 10.1. The molecule has 0 saturated heterocycles. The molecule has 8 heteroatoms. The number of nitrogens with zero attached hydrogens (tertiary/aromatic N) is 1. The van der Waals surface area contributed by atoms with E-state index in [4.69, 9.17) is 15.4 Å². The summed E-state index contributed by atoms with van der Waals surface area (Å²) in [5.74, 6) is -0.736. The van der Waals surface area contributed by atoms with Gasteiger partial charge in [0.15, 0.2) is 5.69 Å². The van der Waals surface area contributed by atoms with Crippen LogP contribution in [-0.4, -0.2) is 31.2 Å². The van der Waals surface area contributed by atoms with E-state index in [0.717, 1.165) is 12.8 Å². The second kappa shape index (κ2) is 7.26. The number of hydrogen-bond donors (Lipinski definition) is 1. The van der Waals surface area contributed by atoms with Crippen molar-refractivity contribution < 1.29 is 17.9 Å². The van der Waals surface area contributed by atoms with Gasteiger partial charge in [-0.2, -0.15) is 5.10 Å². The van der Waals surface area contributed by atoms with Crippen molar-refractivity contribution in [2.45, 2.75) is 51.3 Å². The number of carbonyl (C=O) groups is 1. The van der Waals surface area contributed by atoms with Crippen LogP contribution in [0, 0.1) is 5.92 Å². The smallest absolute Gasteiger partial charge is 0.360 e. The molecule has 0 fully saturated rings. The molecule has 0 aliphatic heterocycles. The summed E-state index contributed by atoms with van der Waals surface area (Å²) in [6, 6.07) is 0. The molecule has 1 unspecified atom stereocenters. The SMILES string of the molecule is CCCC(C)COC(=O)c1n[nH]c(C(C)C)c1S(=O)(=O)Cl. The Bertz CT molecular complexity index is 595. The van der Waals surface area contributed by atoms with Crippen LogP contribution in [0.25, 0.3) is 0 Å². The summed E-state index contributed by atoms with van der Waals surface area (Å²) in [4.78, 5) is 11.7. The Kier molecular flexibility index (Phi) is 6.22. The first kappa shape index (κ1) is 18.0. The summed E-state index contributed by atoms with van der Waals surface area (Å²) in [5.41, 5.74) is 0.0240. The number of carbonyl (C=O) groups excluding carboxylic acids is 1. The quantitative estimate of drug-likeness (QED) is 0.610. The molecule has 1 atom stereocenters. The molecule has 1 N–H and O–H groups in total. The third-order valence-electron chi connectivity index (χ3n) is 3.04. The highest BCUT2D eigenvalue weighted by molar-refractivity contribution is 8.13. The van der Waals surface area contributed by atoms with Crippen LogP contribution in [-0.2, 0) is 13.8 Å². The summed E-state index contributed by atoms with van der Waals surface area (Å²) in [5, 5.41) is 6.32. The Labute approximate surface area is 129 Å². The average Bonchev–Trinajstić information content (AvgIpc) is 2.81. The van der Waals surface area contributed by atoms with Gasteiger partial charge in [0.25, 0.3) is 9.05 Å². The largest absolute Gasteiger partial charge is 0.461 e. The van der Waals surface area contributed by atoms with Gasteiger partial charge in [-0.05, 0) is 18.3 Å². The monoisotopic (exact) mass is 336 g/mol. The fraction of sp³-hybridized carbons (Fsp3) is 0.692. The molecular weight excluding hydrogens is 316 g/mol. The van der Waals surface area contributed by atoms with E-state index >= 15 is 0 Å². The van der Waals surface area contributed by atoms with Gasteiger partial charge < -0.3 is 4.74 Å². The molecule has 1 aromatic heterocycles. The fourth-order valence-electron chi connectivity index (χ4n) is 1.98. The van der Waals surface area contributed by atoms with Crippen molar-refractivity contribution in [1.82, 2.24) is 10.2 Å². The van der Waals surface area contributed by atoms with Crippen LogP contribution in [0.5, 0.6) is 0 Å². The third-order valence-corrected chi connectivity index (χ3v) is 4.41. The predicted octanol–water partition coefficient (Wildman–Crippen LogP) is 3.05. The highest BCUT2D eigenvalue weighted by atomic mass is 35.7. The van der Waals surface area contributed by atoms with Crippen molar-refractivity contribution in [3.8, 4) is 0 Å². The molecule has 0 aromatic carbocycles. The van der Waals surface area contributed by atoms with E-state index < -0.39 is 15.0 Å². The third kappa shape index (κ3) is 4.71. The number of rotatable bonds is 7. The van der Waals surface area contributed by atoms with Gasteiger partial charge in [0.05, 0.1) is 12.3 Å². The number of hydrogen-bond acceptors (Lipinski definition) is 5. The zero-order valence-corrected chi connectivity index (χ0v) is 14.2. The maximum absolute atomic E-state index is 12.0.